The molecule has 0 bridgehead atoms. The Hall–Kier alpha value is -2.89. The predicted octanol–water partition coefficient (Wildman–Crippen LogP) is 2.46. The standard InChI is InChI=1S/C18H19N5O/c24-18(17-10-16(21-22-17)13-6-7-13)19-11-14-4-1-2-5-15(14)12-23-9-3-8-20-23/h1-5,8-10,13H,6-7,11-12H2,(H,19,24)(H,21,22). The van der Waals surface area contributed by atoms with Crippen molar-refractivity contribution in [3.05, 3.63) is 71.3 Å². The van der Waals surface area contributed by atoms with Gasteiger partial charge in [0.05, 0.1) is 6.54 Å². The van der Waals surface area contributed by atoms with Crippen molar-refractivity contribution in [1.82, 2.24) is 25.3 Å². The van der Waals surface area contributed by atoms with Crippen molar-refractivity contribution in [2.45, 2.75) is 31.8 Å². The fourth-order valence-corrected chi connectivity index (χ4v) is 2.78. The molecule has 4 rings (SSSR count). The molecule has 2 N–H and O–H groups in total. The average molecular weight is 321 g/mol. The molecule has 1 saturated carbocycles. The van der Waals surface area contributed by atoms with Crippen molar-refractivity contribution in [3.8, 4) is 0 Å². The summed E-state index contributed by atoms with van der Waals surface area (Å²) in [6.07, 6.45) is 6.06. The number of rotatable bonds is 6. The lowest BCUT2D eigenvalue weighted by Gasteiger charge is -2.10. The summed E-state index contributed by atoms with van der Waals surface area (Å²) in [5.74, 6) is 0.417. The fourth-order valence-electron chi connectivity index (χ4n) is 2.78. The van der Waals surface area contributed by atoms with E-state index >= 15 is 0 Å². The highest BCUT2D eigenvalue weighted by Crippen LogP contribution is 2.38. The van der Waals surface area contributed by atoms with E-state index in [9.17, 15) is 4.79 Å². The van der Waals surface area contributed by atoms with Crippen molar-refractivity contribution in [2.75, 3.05) is 0 Å². The van der Waals surface area contributed by atoms with E-state index in [1.165, 1.54) is 12.8 Å². The molecule has 0 saturated heterocycles. The first-order chi connectivity index (χ1) is 11.8. The molecule has 0 unspecified atom stereocenters. The molecule has 122 valence electrons. The number of carbonyl (C=O) groups excluding carboxylic acids is 1. The molecule has 0 radical (unpaired) electrons. The lowest BCUT2D eigenvalue weighted by molar-refractivity contribution is 0.0946. The summed E-state index contributed by atoms with van der Waals surface area (Å²) in [6.45, 7) is 1.16. The van der Waals surface area contributed by atoms with Crippen molar-refractivity contribution >= 4 is 5.91 Å². The van der Waals surface area contributed by atoms with Gasteiger partial charge in [0.15, 0.2) is 0 Å². The number of aromatic amines is 1. The monoisotopic (exact) mass is 321 g/mol. The number of carbonyl (C=O) groups is 1. The zero-order chi connectivity index (χ0) is 16.4. The van der Waals surface area contributed by atoms with E-state index in [1.807, 2.05) is 41.2 Å². The molecule has 24 heavy (non-hydrogen) atoms. The van der Waals surface area contributed by atoms with E-state index in [0.29, 0.717) is 24.7 Å². The van der Waals surface area contributed by atoms with Gasteiger partial charge >= 0.3 is 0 Å². The molecule has 1 amide bonds. The molecule has 3 aromatic rings. The Morgan fingerprint density at radius 2 is 2.08 bits per heavy atom. The minimum atomic E-state index is -0.146. The number of nitrogens with zero attached hydrogens (tertiary/aromatic N) is 3. The lowest BCUT2D eigenvalue weighted by atomic mass is 10.1. The Bertz CT molecular complexity index is 833. The molecule has 1 aromatic carbocycles. The smallest absolute Gasteiger partial charge is 0.272 e. The predicted molar refractivity (Wildman–Crippen MR) is 89.5 cm³/mol. The molecule has 1 aliphatic carbocycles. The summed E-state index contributed by atoms with van der Waals surface area (Å²) in [5, 5.41) is 14.3. The molecular formula is C18H19N5O. The summed E-state index contributed by atoms with van der Waals surface area (Å²) < 4.78 is 1.87. The van der Waals surface area contributed by atoms with Crippen molar-refractivity contribution in [2.24, 2.45) is 0 Å². The van der Waals surface area contributed by atoms with E-state index < -0.39 is 0 Å². The zero-order valence-electron chi connectivity index (χ0n) is 13.3. The second-order valence-corrected chi connectivity index (χ2v) is 6.14. The number of nitrogens with one attached hydrogen (secondary N) is 2. The quantitative estimate of drug-likeness (QED) is 0.732. The molecule has 1 fully saturated rings. The topological polar surface area (TPSA) is 75.6 Å². The number of hydrogen-bond donors (Lipinski definition) is 2. The highest BCUT2D eigenvalue weighted by Gasteiger charge is 2.26. The van der Waals surface area contributed by atoms with Crippen LogP contribution in [0.3, 0.4) is 0 Å². The van der Waals surface area contributed by atoms with E-state index in [4.69, 9.17) is 0 Å². The van der Waals surface area contributed by atoms with Crippen LogP contribution in [0.25, 0.3) is 0 Å². The molecule has 6 nitrogen and oxygen atoms in total. The van der Waals surface area contributed by atoms with Gasteiger partial charge in [-0.05, 0) is 36.1 Å². The van der Waals surface area contributed by atoms with Crippen LogP contribution in [0.5, 0.6) is 0 Å². The Morgan fingerprint density at radius 1 is 1.25 bits per heavy atom. The van der Waals surface area contributed by atoms with Crippen LogP contribution in [0.1, 0.15) is 46.1 Å². The van der Waals surface area contributed by atoms with E-state index in [2.05, 4.69) is 26.7 Å². The molecule has 0 aliphatic heterocycles. The maximum Gasteiger partial charge on any atom is 0.272 e. The van der Waals surface area contributed by atoms with Crippen LogP contribution in [0.4, 0.5) is 0 Å². The molecule has 2 aromatic heterocycles. The SMILES string of the molecule is O=C(NCc1ccccc1Cn1cccn1)c1cc(C2CC2)[nH]n1. The summed E-state index contributed by atoms with van der Waals surface area (Å²) in [4.78, 5) is 12.3. The van der Waals surface area contributed by atoms with Crippen molar-refractivity contribution in [3.63, 3.8) is 0 Å². The summed E-state index contributed by atoms with van der Waals surface area (Å²) in [7, 11) is 0. The van der Waals surface area contributed by atoms with Gasteiger partial charge in [-0.3, -0.25) is 14.6 Å². The van der Waals surface area contributed by atoms with Gasteiger partial charge in [0.2, 0.25) is 0 Å². The Morgan fingerprint density at radius 3 is 2.83 bits per heavy atom. The van der Waals surface area contributed by atoms with E-state index in [1.54, 1.807) is 6.20 Å². The van der Waals surface area contributed by atoms with E-state index in [-0.39, 0.29) is 5.91 Å². The average Bonchev–Trinajstić information content (AvgIpc) is 3.11. The second-order valence-electron chi connectivity index (χ2n) is 6.14. The summed E-state index contributed by atoms with van der Waals surface area (Å²) >= 11 is 0. The van der Waals surface area contributed by atoms with Gasteiger partial charge in [-0.25, -0.2) is 0 Å². The van der Waals surface area contributed by atoms with Crippen LogP contribution in [-0.2, 0) is 13.1 Å². The Kier molecular flexibility index (Phi) is 3.86. The number of amides is 1. The minimum Gasteiger partial charge on any atom is -0.347 e. The van der Waals surface area contributed by atoms with Crippen LogP contribution >= 0.6 is 0 Å². The zero-order valence-corrected chi connectivity index (χ0v) is 13.3. The number of hydrogen-bond acceptors (Lipinski definition) is 3. The highest BCUT2D eigenvalue weighted by molar-refractivity contribution is 5.92. The van der Waals surface area contributed by atoms with Crippen LogP contribution in [0.15, 0.2) is 48.8 Å². The minimum absolute atomic E-state index is 0.146. The second kappa shape index (κ2) is 6.31. The first kappa shape index (κ1) is 14.7. The summed E-state index contributed by atoms with van der Waals surface area (Å²) in [6, 6.07) is 11.8. The summed E-state index contributed by atoms with van der Waals surface area (Å²) in [5.41, 5.74) is 3.75. The Balaban J connectivity index is 1.42. The highest BCUT2D eigenvalue weighted by atomic mass is 16.1. The Labute approximate surface area is 139 Å². The maximum atomic E-state index is 12.3. The van der Waals surface area contributed by atoms with Crippen LogP contribution < -0.4 is 5.32 Å². The van der Waals surface area contributed by atoms with Crippen molar-refractivity contribution in [1.29, 1.82) is 0 Å². The first-order valence-corrected chi connectivity index (χ1v) is 8.17. The third kappa shape index (κ3) is 3.22. The number of benzene rings is 1. The molecule has 1 aliphatic rings. The molecule has 6 heteroatoms. The van der Waals surface area contributed by atoms with Gasteiger partial charge in [-0.15, -0.1) is 0 Å². The molecule has 0 atom stereocenters. The van der Waals surface area contributed by atoms with Crippen molar-refractivity contribution < 1.29 is 4.79 Å². The van der Waals surface area contributed by atoms with E-state index in [0.717, 1.165) is 16.8 Å². The van der Waals surface area contributed by atoms with Gasteiger partial charge in [-0.2, -0.15) is 10.2 Å². The third-order valence-electron chi connectivity index (χ3n) is 4.30. The maximum absolute atomic E-state index is 12.3. The molecule has 2 heterocycles. The van der Waals surface area contributed by atoms with Gasteiger partial charge in [0.25, 0.3) is 5.91 Å². The number of H-pyrrole nitrogens is 1. The fraction of sp³-hybridized carbons (Fsp3) is 0.278. The van der Waals surface area contributed by atoms with Gasteiger partial charge < -0.3 is 5.32 Å². The van der Waals surface area contributed by atoms with Crippen LogP contribution in [-0.4, -0.2) is 25.9 Å². The largest absolute Gasteiger partial charge is 0.347 e. The van der Waals surface area contributed by atoms with Gasteiger partial charge in [0, 0.05) is 30.6 Å². The third-order valence-corrected chi connectivity index (χ3v) is 4.30. The number of aromatic nitrogens is 4. The van der Waals surface area contributed by atoms with Crippen LogP contribution in [0, 0.1) is 0 Å². The first-order valence-electron chi connectivity index (χ1n) is 8.17. The van der Waals surface area contributed by atoms with Crippen LogP contribution in [0.2, 0.25) is 0 Å². The van der Waals surface area contributed by atoms with Gasteiger partial charge in [0.1, 0.15) is 5.69 Å². The molecular weight excluding hydrogens is 302 g/mol. The lowest BCUT2D eigenvalue weighted by Crippen LogP contribution is -2.24. The molecule has 0 spiro atoms. The van der Waals surface area contributed by atoms with Gasteiger partial charge in [-0.1, -0.05) is 24.3 Å². The normalized spacial score (nSPS) is 13.8.